The highest BCUT2D eigenvalue weighted by molar-refractivity contribution is 6.06. The molecule has 0 atom stereocenters. The van der Waals surface area contributed by atoms with Gasteiger partial charge in [-0.3, -0.25) is 4.90 Å². The SMILES string of the molecule is COC1(C)CCN(Cc2ccc(-c3cnc4[nH]c5cnc(C#N)cc5c4c3)cc2)CC1. The number of likely N-dealkylation sites (tertiary alicyclic amines) is 1. The smallest absolute Gasteiger partial charge is 0.141 e. The van der Waals surface area contributed by atoms with E-state index in [2.05, 4.69) is 63.2 Å². The van der Waals surface area contributed by atoms with E-state index < -0.39 is 0 Å². The number of hydrogen-bond acceptors (Lipinski definition) is 5. The molecular formula is C25H25N5O. The lowest BCUT2D eigenvalue weighted by molar-refractivity contribution is -0.0440. The van der Waals surface area contributed by atoms with Crippen LogP contribution in [0.5, 0.6) is 0 Å². The molecule has 4 heterocycles. The summed E-state index contributed by atoms with van der Waals surface area (Å²) < 4.78 is 5.65. The lowest BCUT2D eigenvalue weighted by Gasteiger charge is -2.38. The van der Waals surface area contributed by atoms with E-state index in [9.17, 15) is 5.26 Å². The normalized spacial score (nSPS) is 16.5. The number of nitrogens with one attached hydrogen (secondary N) is 1. The molecule has 1 saturated heterocycles. The third kappa shape index (κ3) is 3.78. The van der Waals surface area contributed by atoms with Crippen molar-refractivity contribution in [3.8, 4) is 17.2 Å². The van der Waals surface area contributed by atoms with Gasteiger partial charge in [0, 0.05) is 49.3 Å². The minimum atomic E-state index is 0.0263. The first kappa shape index (κ1) is 19.7. The highest BCUT2D eigenvalue weighted by Gasteiger charge is 2.29. The maximum absolute atomic E-state index is 9.17. The maximum Gasteiger partial charge on any atom is 0.141 e. The van der Waals surface area contributed by atoms with Gasteiger partial charge in [0.05, 0.1) is 17.3 Å². The second-order valence-electron chi connectivity index (χ2n) is 8.60. The topological polar surface area (TPSA) is 77.8 Å². The molecule has 1 aliphatic heterocycles. The van der Waals surface area contributed by atoms with Gasteiger partial charge in [0.2, 0.25) is 0 Å². The van der Waals surface area contributed by atoms with E-state index in [1.165, 1.54) is 5.56 Å². The van der Waals surface area contributed by atoms with Crippen LogP contribution < -0.4 is 0 Å². The predicted octanol–water partition coefficient (Wildman–Crippen LogP) is 4.65. The number of rotatable bonds is 4. The van der Waals surface area contributed by atoms with Crippen LogP contribution in [0, 0.1) is 11.3 Å². The number of methoxy groups -OCH3 is 1. The first-order valence-corrected chi connectivity index (χ1v) is 10.6. The molecule has 6 heteroatoms. The molecule has 5 rings (SSSR count). The molecule has 1 N–H and O–H groups in total. The van der Waals surface area contributed by atoms with E-state index in [-0.39, 0.29) is 5.60 Å². The summed E-state index contributed by atoms with van der Waals surface area (Å²) in [5.74, 6) is 0. The van der Waals surface area contributed by atoms with Gasteiger partial charge in [-0.25, -0.2) is 9.97 Å². The molecule has 1 fully saturated rings. The van der Waals surface area contributed by atoms with Gasteiger partial charge in [-0.05, 0) is 43.0 Å². The predicted molar refractivity (Wildman–Crippen MR) is 121 cm³/mol. The van der Waals surface area contributed by atoms with Gasteiger partial charge < -0.3 is 9.72 Å². The second kappa shape index (κ2) is 7.77. The number of benzene rings is 1. The standard InChI is InChI=1S/C25H25N5O/c1-25(31-2)7-9-30(10-8-25)16-17-3-5-18(6-4-17)19-11-22-21-12-20(13-26)27-15-23(21)29-24(22)28-14-19/h3-6,11-12,14-15H,7-10,16H2,1-2H3,(H,28,29). The quantitative estimate of drug-likeness (QED) is 0.529. The summed E-state index contributed by atoms with van der Waals surface area (Å²) >= 11 is 0. The van der Waals surface area contributed by atoms with Crippen molar-refractivity contribution in [1.29, 1.82) is 5.26 Å². The Labute approximate surface area is 181 Å². The summed E-state index contributed by atoms with van der Waals surface area (Å²) in [6, 6.07) is 14.8. The summed E-state index contributed by atoms with van der Waals surface area (Å²) in [5.41, 5.74) is 5.64. The van der Waals surface area contributed by atoms with Crippen LogP contribution in [0.15, 0.2) is 48.8 Å². The van der Waals surface area contributed by atoms with Gasteiger partial charge in [0.1, 0.15) is 17.4 Å². The van der Waals surface area contributed by atoms with Crippen LogP contribution in [0.4, 0.5) is 0 Å². The van der Waals surface area contributed by atoms with Gasteiger partial charge in [-0.2, -0.15) is 5.26 Å². The largest absolute Gasteiger partial charge is 0.378 e. The zero-order valence-electron chi connectivity index (χ0n) is 17.9. The lowest BCUT2D eigenvalue weighted by atomic mass is 9.93. The number of piperidine rings is 1. The molecule has 0 radical (unpaired) electrons. The van der Waals surface area contributed by atoms with Gasteiger partial charge in [-0.15, -0.1) is 0 Å². The monoisotopic (exact) mass is 411 g/mol. The van der Waals surface area contributed by atoms with E-state index in [1.54, 1.807) is 6.20 Å². The molecule has 0 saturated carbocycles. The Morgan fingerprint density at radius 3 is 2.55 bits per heavy atom. The zero-order valence-corrected chi connectivity index (χ0v) is 17.9. The molecule has 3 aromatic heterocycles. The first-order valence-electron chi connectivity index (χ1n) is 10.6. The fourth-order valence-electron chi connectivity index (χ4n) is 4.34. The maximum atomic E-state index is 9.17. The number of ether oxygens (including phenoxy) is 1. The van der Waals surface area contributed by atoms with Gasteiger partial charge in [0.25, 0.3) is 0 Å². The first-order chi connectivity index (χ1) is 15.1. The fourth-order valence-corrected chi connectivity index (χ4v) is 4.34. The van der Waals surface area contributed by atoms with Crippen molar-refractivity contribution in [3.05, 3.63) is 60.0 Å². The van der Waals surface area contributed by atoms with Gasteiger partial charge in [-0.1, -0.05) is 24.3 Å². The third-order valence-electron chi connectivity index (χ3n) is 6.55. The highest BCUT2D eigenvalue weighted by Crippen LogP contribution is 2.29. The number of nitrogens with zero attached hydrogens (tertiary/aromatic N) is 4. The van der Waals surface area contributed by atoms with Crippen LogP contribution in [0.2, 0.25) is 0 Å². The Kier molecular flexibility index (Phi) is 4.93. The number of nitriles is 1. The number of aromatic amines is 1. The number of H-pyrrole nitrogens is 1. The van der Waals surface area contributed by atoms with Crippen LogP contribution in [-0.2, 0) is 11.3 Å². The summed E-state index contributed by atoms with van der Waals surface area (Å²) in [6.45, 7) is 5.29. The van der Waals surface area contributed by atoms with E-state index in [1.807, 2.05) is 19.4 Å². The molecule has 1 aliphatic rings. The fraction of sp³-hybridized carbons (Fsp3) is 0.320. The van der Waals surface area contributed by atoms with Gasteiger partial charge >= 0.3 is 0 Å². The molecule has 0 unspecified atom stereocenters. The lowest BCUT2D eigenvalue weighted by Crippen LogP contribution is -2.43. The second-order valence-corrected chi connectivity index (χ2v) is 8.60. The number of fused-ring (bicyclic) bond motifs is 3. The Hall–Kier alpha value is -3.27. The minimum Gasteiger partial charge on any atom is -0.378 e. The van der Waals surface area contributed by atoms with Crippen molar-refractivity contribution >= 4 is 21.9 Å². The average Bonchev–Trinajstić information content (AvgIpc) is 3.18. The molecule has 0 bridgehead atoms. The van der Waals surface area contributed by atoms with E-state index in [4.69, 9.17) is 4.74 Å². The molecule has 6 nitrogen and oxygen atoms in total. The van der Waals surface area contributed by atoms with Crippen LogP contribution in [0.25, 0.3) is 33.1 Å². The number of hydrogen-bond donors (Lipinski definition) is 1. The van der Waals surface area contributed by atoms with Crippen LogP contribution in [0.3, 0.4) is 0 Å². The average molecular weight is 412 g/mol. The summed E-state index contributed by atoms with van der Waals surface area (Å²) in [6.07, 6.45) is 5.73. The zero-order chi connectivity index (χ0) is 21.4. The molecule has 156 valence electrons. The summed E-state index contributed by atoms with van der Waals surface area (Å²) in [4.78, 5) is 14.5. The van der Waals surface area contributed by atoms with Crippen molar-refractivity contribution in [2.24, 2.45) is 0 Å². The Morgan fingerprint density at radius 2 is 1.84 bits per heavy atom. The highest BCUT2D eigenvalue weighted by atomic mass is 16.5. The Balaban J connectivity index is 1.37. The van der Waals surface area contributed by atoms with Crippen LogP contribution in [-0.4, -0.2) is 45.7 Å². The van der Waals surface area contributed by atoms with Gasteiger partial charge in [0.15, 0.2) is 0 Å². The van der Waals surface area contributed by atoms with Crippen molar-refractivity contribution in [2.75, 3.05) is 20.2 Å². The third-order valence-corrected chi connectivity index (χ3v) is 6.55. The van der Waals surface area contributed by atoms with E-state index in [0.29, 0.717) is 5.69 Å². The molecular weight excluding hydrogens is 386 g/mol. The number of aromatic nitrogens is 3. The summed E-state index contributed by atoms with van der Waals surface area (Å²) in [7, 11) is 1.82. The Bertz CT molecular complexity index is 1280. The molecule has 0 aliphatic carbocycles. The van der Waals surface area contributed by atoms with Crippen molar-refractivity contribution in [3.63, 3.8) is 0 Å². The molecule has 4 aromatic rings. The minimum absolute atomic E-state index is 0.0263. The van der Waals surface area contributed by atoms with Crippen molar-refractivity contribution in [2.45, 2.75) is 31.9 Å². The van der Waals surface area contributed by atoms with Crippen molar-refractivity contribution < 1.29 is 4.74 Å². The Morgan fingerprint density at radius 1 is 1.06 bits per heavy atom. The molecule has 1 aromatic carbocycles. The van der Waals surface area contributed by atoms with Crippen molar-refractivity contribution in [1.82, 2.24) is 19.9 Å². The van der Waals surface area contributed by atoms with Crippen LogP contribution in [0.1, 0.15) is 31.0 Å². The van der Waals surface area contributed by atoms with E-state index in [0.717, 1.165) is 65.5 Å². The van der Waals surface area contributed by atoms with Crippen LogP contribution >= 0.6 is 0 Å². The molecule has 0 spiro atoms. The molecule has 31 heavy (non-hydrogen) atoms. The van der Waals surface area contributed by atoms with E-state index >= 15 is 0 Å². The summed E-state index contributed by atoms with van der Waals surface area (Å²) in [5, 5.41) is 11.2. The molecule has 0 amide bonds. The number of pyridine rings is 2.